The molecule has 1 N–H and O–H groups in total. The number of carbonyl (C=O) groups excluding carboxylic acids is 2. The minimum atomic E-state index is -0.748. The van der Waals surface area contributed by atoms with Crippen LogP contribution in [0.4, 0.5) is 4.79 Å². The number of carbonyl (C=O) groups is 3. The predicted molar refractivity (Wildman–Crippen MR) is 89.9 cm³/mol. The number of carboxylic acids is 1. The first-order valence-corrected chi connectivity index (χ1v) is 9.59. The van der Waals surface area contributed by atoms with E-state index in [4.69, 9.17) is 5.11 Å². The second-order valence-corrected chi connectivity index (χ2v) is 8.15. The fourth-order valence-corrected chi connectivity index (χ4v) is 5.28. The monoisotopic (exact) mass is 349 g/mol. The van der Waals surface area contributed by atoms with Crippen molar-refractivity contribution in [2.24, 2.45) is 17.8 Å². The molecule has 4 aliphatic rings. The van der Waals surface area contributed by atoms with Crippen molar-refractivity contribution in [3.05, 3.63) is 0 Å². The fourth-order valence-electron chi connectivity index (χ4n) is 5.28. The van der Waals surface area contributed by atoms with Crippen LogP contribution in [-0.2, 0) is 9.59 Å². The van der Waals surface area contributed by atoms with E-state index in [1.54, 1.807) is 0 Å². The summed E-state index contributed by atoms with van der Waals surface area (Å²) in [5.41, 5.74) is 0. The van der Waals surface area contributed by atoms with E-state index in [1.165, 1.54) is 0 Å². The van der Waals surface area contributed by atoms with Gasteiger partial charge in [-0.15, -0.1) is 0 Å². The maximum atomic E-state index is 12.9. The van der Waals surface area contributed by atoms with E-state index in [2.05, 4.69) is 4.90 Å². The molecule has 7 nitrogen and oxygen atoms in total. The molecule has 2 bridgehead atoms. The smallest absolute Gasteiger partial charge is 0.320 e. The van der Waals surface area contributed by atoms with Gasteiger partial charge >= 0.3 is 12.0 Å². The minimum absolute atomic E-state index is 0.0640. The third-order valence-electron chi connectivity index (χ3n) is 6.57. The van der Waals surface area contributed by atoms with Crippen LogP contribution in [0, 0.1) is 17.8 Å². The van der Waals surface area contributed by atoms with Gasteiger partial charge in [0.2, 0.25) is 5.91 Å². The molecule has 3 atom stereocenters. The number of likely N-dealkylation sites (tertiary alicyclic amines) is 2. The molecule has 2 unspecified atom stereocenters. The Morgan fingerprint density at radius 3 is 2.48 bits per heavy atom. The molecule has 0 aromatic rings. The normalized spacial score (nSPS) is 33.2. The van der Waals surface area contributed by atoms with Gasteiger partial charge in [0.15, 0.2) is 0 Å². The lowest BCUT2D eigenvalue weighted by molar-refractivity contribution is -0.145. The highest BCUT2D eigenvalue weighted by Gasteiger charge is 2.45. The highest BCUT2D eigenvalue weighted by atomic mass is 16.4. The lowest BCUT2D eigenvalue weighted by Gasteiger charge is -2.52. The minimum Gasteiger partial charge on any atom is -0.481 e. The first kappa shape index (κ1) is 16.7. The average Bonchev–Trinajstić information content (AvgIpc) is 2.62. The predicted octanol–water partition coefficient (Wildman–Crippen LogP) is 1.24. The van der Waals surface area contributed by atoms with E-state index >= 15 is 0 Å². The quantitative estimate of drug-likeness (QED) is 0.772. The molecule has 4 saturated heterocycles. The second-order valence-electron chi connectivity index (χ2n) is 8.15. The maximum absolute atomic E-state index is 12.9. The average molecular weight is 349 g/mol. The number of rotatable bonds is 1. The first-order valence-electron chi connectivity index (χ1n) is 9.59. The Morgan fingerprint density at radius 2 is 1.76 bits per heavy atom. The molecule has 0 saturated carbocycles. The van der Waals surface area contributed by atoms with E-state index in [0.29, 0.717) is 56.1 Å². The number of carboxylic acid groups (broad SMARTS) is 1. The van der Waals surface area contributed by atoms with E-state index < -0.39 is 5.97 Å². The number of hydrogen-bond donors (Lipinski definition) is 1. The molecule has 4 aliphatic heterocycles. The summed E-state index contributed by atoms with van der Waals surface area (Å²) >= 11 is 0. The van der Waals surface area contributed by atoms with Crippen molar-refractivity contribution < 1.29 is 19.5 Å². The lowest BCUT2D eigenvalue weighted by Crippen LogP contribution is -2.62. The third kappa shape index (κ3) is 3.09. The van der Waals surface area contributed by atoms with Crippen LogP contribution < -0.4 is 0 Å². The summed E-state index contributed by atoms with van der Waals surface area (Å²) in [6.07, 6.45) is 4.93. The summed E-state index contributed by atoms with van der Waals surface area (Å²) in [7, 11) is 0. The second kappa shape index (κ2) is 6.50. The Labute approximate surface area is 147 Å². The van der Waals surface area contributed by atoms with Crippen molar-refractivity contribution in [3.8, 4) is 0 Å². The molecule has 3 amide bonds. The van der Waals surface area contributed by atoms with Crippen molar-refractivity contribution in [3.63, 3.8) is 0 Å². The van der Waals surface area contributed by atoms with Crippen LogP contribution in [0.1, 0.15) is 38.5 Å². The third-order valence-corrected chi connectivity index (χ3v) is 6.57. The Kier molecular flexibility index (Phi) is 4.33. The van der Waals surface area contributed by atoms with E-state index in [0.717, 1.165) is 38.9 Å². The standard InChI is InChI=1S/C18H27N3O4/c22-16-3-1-2-15-14-8-12(10-21(15)16)9-20(11-14)18(25)19-6-4-13(5-7-19)17(23)24/h12-15H,1-11H2,(H,23,24)/t12?,14?,15-/m1/s1. The molecule has 7 heteroatoms. The van der Waals surface area contributed by atoms with Gasteiger partial charge in [0.05, 0.1) is 5.92 Å². The van der Waals surface area contributed by atoms with Gasteiger partial charge in [0.25, 0.3) is 0 Å². The Morgan fingerprint density at radius 1 is 1.00 bits per heavy atom. The number of urea groups is 1. The number of aliphatic carboxylic acids is 1. The molecule has 0 aromatic heterocycles. The first-order chi connectivity index (χ1) is 12.0. The van der Waals surface area contributed by atoms with Crippen LogP contribution in [0.3, 0.4) is 0 Å². The van der Waals surface area contributed by atoms with Gasteiger partial charge in [-0.05, 0) is 43.9 Å². The van der Waals surface area contributed by atoms with Gasteiger partial charge in [-0.25, -0.2) is 4.79 Å². The van der Waals surface area contributed by atoms with Gasteiger partial charge in [0, 0.05) is 45.2 Å². The van der Waals surface area contributed by atoms with Crippen molar-refractivity contribution in [1.82, 2.24) is 14.7 Å². The van der Waals surface area contributed by atoms with Crippen LogP contribution in [0.25, 0.3) is 0 Å². The molecular weight excluding hydrogens is 322 g/mol. The van der Waals surface area contributed by atoms with Gasteiger partial charge in [-0.3, -0.25) is 9.59 Å². The number of fused-ring (bicyclic) bond motifs is 4. The van der Waals surface area contributed by atoms with Crippen molar-refractivity contribution in [2.75, 3.05) is 32.7 Å². The lowest BCUT2D eigenvalue weighted by atomic mass is 9.76. The van der Waals surface area contributed by atoms with Crippen LogP contribution in [-0.4, -0.2) is 76.5 Å². The van der Waals surface area contributed by atoms with Crippen LogP contribution >= 0.6 is 0 Å². The molecule has 0 spiro atoms. The topological polar surface area (TPSA) is 81.2 Å². The zero-order valence-electron chi connectivity index (χ0n) is 14.6. The van der Waals surface area contributed by atoms with Crippen molar-refractivity contribution >= 4 is 17.9 Å². The maximum Gasteiger partial charge on any atom is 0.320 e. The zero-order chi connectivity index (χ0) is 17.6. The van der Waals surface area contributed by atoms with E-state index in [9.17, 15) is 14.4 Å². The SMILES string of the molecule is O=C(O)C1CCN(C(=O)N2CC3CC(C2)[C@H]2CCCC(=O)N2C3)CC1. The summed E-state index contributed by atoms with van der Waals surface area (Å²) < 4.78 is 0. The number of hydrogen-bond acceptors (Lipinski definition) is 3. The Hall–Kier alpha value is -1.79. The molecule has 0 aromatic carbocycles. The van der Waals surface area contributed by atoms with E-state index in [-0.39, 0.29) is 11.9 Å². The summed E-state index contributed by atoms with van der Waals surface area (Å²) in [6.45, 7) is 3.34. The molecule has 4 rings (SSSR count). The van der Waals surface area contributed by atoms with Crippen LogP contribution in [0.2, 0.25) is 0 Å². The Bertz CT molecular complexity index is 573. The number of nitrogens with zero attached hydrogens (tertiary/aromatic N) is 3. The molecular formula is C18H27N3O4. The fraction of sp³-hybridized carbons (Fsp3) is 0.833. The van der Waals surface area contributed by atoms with Crippen LogP contribution in [0.5, 0.6) is 0 Å². The van der Waals surface area contributed by atoms with Gasteiger partial charge in [-0.2, -0.15) is 0 Å². The zero-order valence-corrected chi connectivity index (χ0v) is 14.6. The number of amides is 3. The van der Waals surface area contributed by atoms with Gasteiger partial charge in [-0.1, -0.05) is 0 Å². The van der Waals surface area contributed by atoms with Crippen molar-refractivity contribution in [1.29, 1.82) is 0 Å². The molecule has 0 aliphatic carbocycles. The summed E-state index contributed by atoms with van der Waals surface area (Å²) in [5, 5.41) is 9.11. The largest absolute Gasteiger partial charge is 0.481 e. The molecule has 25 heavy (non-hydrogen) atoms. The molecule has 4 fully saturated rings. The number of piperidine rings is 4. The van der Waals surface area contributed by atoms with Crippen molar-refractivity contribution in [2.45, 2.75) is 44.6 Å². The summed E-state index contributed by atoms with van der Waals surface area (Å²) in [5.74, 6) is 0.0181. The van der Waals surface area contributed by atoms with Gasteiger partial charge < -0.3 is 19.8 Å². The van der Waals surface area contributed by atoms with Crippen LogP contribution in [0.15, 0.2) is 0 Å². The molecule has 138 valence electrons. The highest BCUT2D eigenvalue weighted by Crippen LogP contribution is 2.38. The summed E-state index contributed by atoms with van der Waals surface area (Å²) in [4.78, 5) is 42.1. The molecule has 0 radical (unpaired) electrons. The van der Waals surface area contributed by atoms with E-state index in [1.807, 2.05) is 9.80 Å². The summed E-state index contributed by atoms with van der Waals surface area (Å²) in [6, 6.07) is 0.375. The van der Waals surface area contributed by atoms with Gasteiger partial charge in [0.1, 0.15) is 0 Å². The Balaban J connectivity index is 1.39. The highest BCUT2D eigenvalue weighted by molar-refractivity contribution is 5.78. The molecule has 4 heterocycles.